The predicted octanol–water partition coefficient (Wildman–Crippen LogP) is 4.93. The number of methoxy groups -OCH3 is 1. The Bertz CT molecular complexity index is 1010. The topological polar surface area (TPSA) is 17.4 Å². The normalized spacial score (nSPS) is 16.0. The lowest BCUT2D eigenvalue weighted by molar-refractivity contribution is 0.350. The third-order valence-corrected chi connectivity index (χ3v) is 6.12. The van der Waals surface area contributed by atoms with E-state index in [0.29, 0.717) is 5.75 Å². The van der Waals surface area contributed by atoms with E-state index in [9.17, 15) is 4.39 Å². The highest BCUT2D eigenvalue weighted by atomic mass is 19.1. The van der Waals surface area contributed by atoms with E-state index in [0.717, 1.165) is 38.0 Å². The molecule has 0 bridgehead atoms. The second kappa shape index (κ2) is 7.59. The molecule has 148 valence electrons. The molecule has 3 nitrogen and oxygen atoms in total. The van der Waals surface area contributed by atoms with Gasteiger partial charge in [0.25, 0.3) is 0 Å². The molecule has 28 heavy (non-hydrogen) atoms. The van der Waals surface area contributed by atoms with Gasteiger partial charge in [-0.05, 0) is 61.7 Å². The maximum absolute atomic E-state index is 14.2. The first-order chi connectivity index (χ1) is 13.5. The zero-order valence-electron chi connectivity index (χ0n) is 17.3. The van der Waals surface area contributed by atoms with Gasteiger partial charge < -0.3 is 14.2 Å². The monoisotopic (exact) mass is 380 g/mol. The van der Waals surface area contributed by atoms with Crippen LogP contribution in [0, 0.1) is 12.7 Å². The standard InChI is InChI=1S/C24H29FN2O/c1-16-5-7-22-20(13-16)19-9-11-26(3)12-10-23(19)27(22)15-17(2)18-6-8-24(28-4)21(25)14-18/h5-8,13-14,17H,9-12,15H2,1-4H3. The molecule has 0 radical (unpaired) electrons. The number of fused-ring (bicyclic) bond motifs is 3. The molecule has 0 amide bonds. The Kier molecular flexibility index (Phi) is 5.15. The summed E-state index contributed by atoms with van der Waals surface area (Å²) < 4.78 is 21.8. The molecular weight excluding hydrogens is 351 g/mol. The lowest BCUT2D eigenvalue weighted by Gasteiger charge is -2.18. The SMILES string of the molecule is COc1ccc(C(C)Cn2c3c(c4cc(C)ccc42)CCN(C)CC3)cc1F. The highest BCUT2D eigenvalue weighted by molar-refractivity contribution is 5.86. The quantitative estimate of drug-likeness (QED) is 0.638. The van der Waals surface area contributed by atoms with Gasteiger partial charge in [-0.25, -0.2) is 4.39 Å². The van der Waals surface area contributed by atoms with E-state index < -0.39 is 0 Å². The fourth-order valence-electron chi connectivity index (χ4n) is 4.44. The van der Waals surface area contributed by atoms with E-state index in [4.69, 9.17) is 4.74 Å². The van der Waals surface area contributed by atoms with Crippen LogP contribution in [0.25, 0.3) is 10.9 Å². The van der Waals surface area contributed by atoms with Crippen molar-refractivity contribution in [3.05, 3.63) is 64.6 Å². The largest absolute Gasteiger partial charge is 0.494 e. The van der Waals surface area contributed by atoms with Crippen molar-refractivity contribution in [2.24, 2.45) is 0 Å². The number of nitrogens with zero attached hydrogens (tertiary/aromatic N) is 2. The predicted molar refractivity (Wildman–Crippen MR) is 113 cm³/mol. The fraction of sp³-hybridized carbons (Fsp3) is 0.417. The molecule has 4 rings (SSSR count). The molecule has 0 saturated heterocycles. The van der Waals surface area contributed by atoms with Crippen molar-refractivity contribution in [2.75, 3.05) is 27.2 Å². The Labute approximate surface area is 166 Å². The van der Waals surface area contributed by atoms with Gasteiger partial charge in [0.2, 0.25) is 0 Å². The summed E-state index contributed by atoms with van der Waals surface area (Å²) in [6.45, 7) is 7.36. The van der Waals surface area contributed by atoms with Gasteiger partial charge in [0.05, 0.1) is 7.11 Å². The van der Waals surface area contributed by atoms with E-state index in [1.165, 1.54) is 34.8 Å². The lowest BCUT2D eigenvalue weighted by atomic mass is 10.0. The molecule has 1 atom stereocenters. The number of benzene rings is 2. The summed E-state index contributed by atoms with van der Waals surface area (Å²) in [6, 6.07) is 12.1. The Morgan fingerprint density at radius 2 is 1.89 bits per heavy atom. The number of rotatable bonds is 4. The van der Waals surface area contributed by atoms with Crippen LogP contribution < -0.4 is 4.74 Å². The number of aryl methyl sites for hydroxylation is 1. The summed E-state index contributed by atoms with van der Waals surface area (Å²) in [5.41, 5.74) is 6.56. The highest BCUT2D eigenvalue weighted by Crippen LogP contribution is 2.32. The van der Waals surface area contributed by atoms with Crippen molar-refractivity contribution in [3.63, 3.8) is 0 Å². The molecule has 4 heteroatoms. The minimum absolute atomic E-state index is 0.211. The first-order valence-electron chi connectivity index (χ1n) is 10.1. The van der Waals surface area contributed by atoms with Crippen LogP contribution in [-0.2, 0) is 19.4 Å². The molecule has 0 aliphatic carbocycles. The van der Waals surface area contributed by atoms with Crippen LogP contribution in [0.3, 0.4) is 0 Å². The van der Waals surface area contributed by atoms with Crippen LogP contribution in [0.4, 0.5) is 4.39 Å². The van der Waals surface area contributed by atoms with E-state index in [1.807, 2.05) is 6.07 Å². The second-order valence-electron chi connectivity index (χ2n) is 8.15. The number of ether oxygens (including phenoxy) is 1. The maximum Gasteiger partial charge on any atom is 0.165 e. The van der Waals surface area contributed by atoms with Crippen LogP contribution in [0.5, 0.6) is 5.75 Å². The van der Waals surface area contributed by atoms with Crippen LogP contribution in [0.2, 0.25) is 0 Å². The van der Waals surface area contributed by atoms with Crippen molar-refractivity contribution >= 4 is 10.9 Å². The van der Waals surface area contributed by atoms with Gasteiger partial charge in [-0.15, -0.1) is 0 Å². The van der Waals surface area contributed by atoms with Crippen molar-refractivity contribution in [2.45, 2.75) is 39.2 Å². The Balaban J connectivity index is 1.75. The highest BCUT2D eigenvalue weighted by Gasteiger charge is 2.22. The van der Waals surface area contributed by atoms with Gasteiger partial charge in [-0.3, -0.25) is 0 Å². The van der Waals surface area contributed by atoms with Gasteiger partial charge in [0, 0.05) is 42.7 Å². The first-order valence-corrected chi connectivity index (χ1v) is 10.1. The van der Waals surface area contributed by atoms with Crippen molar-refractivity contribution < 1.29 is 9.13 Å². The van der Waals surface area contributed by atoms with E-state index in [1.54, 1.807) is 12.1 Å². The Morgan fingerprint density at radius 3 is 2.64 bits per heavy atom. The summed E-state index contributed by atoms with van der Waals surface area (Å²) in [5.74, 6) is 0.220. The van der Waals surface area contributed by atoms with E-state index in [2.05, 4.69) is 48.6 Å². The average molecular weight is 381 g/mol. The fourth-order valence-corrected chi connectivity index (χ4v) is 4.44. The van der Waals surface area contributed by atoms with Gasteiger partial charge in [-0.2, -0.15) is 0 Å². The van der Waals surface area contributed by atoms with Gasteiger partial charge in [0.15, 0.2) is 11.6 Å². The number of hydrogen-bond acceptors (Lipinski definition) is 2. The third kappa shape index (κ3) is 3.42. The molecule has 2 aromatic carbocycles. The molecule has 3 aromatic rings. The van der Waals surface area contributed by atoms with Crippen LogP contribution >= 0.6 is 0 Å². The zero-order chi connectivity index (χ0) is 19.8. The number of likely N-dealkylation sites (N-methyl/N-ethyl adjacent to an activating group) is 1. The van der Waals surface area contributed by atoms with Crippen LogP contribution in [0.1, 0.15) is 35.2 Å². The smallest absolute Gasteiger partial charge is 0.165 e. The molecular formula is C24H29FN2O. The Morgan fingerprint density at radius 1 is 1.11 bits per heavy atom. The molecule has 1 aliphatic rings. The summed E-state index contributed by atoms with van der Waals surface area (Å²) >= 11 is 0. The molecule has 1 unspecified atom stereocenters. The second-order valence-corrected chi connectivity index (χ2v) is 8.15. The zero-order valence-corrected chi connectivity index (χ0v) is 17.3. The van der Waals surface area contributed by atoms with Crippen LogP contribution in [0.15, 0.2) is 36.4 Å². The first kappa shape index (κ1) is 19.0. The third-order valence-electron chi connectivity index (χ3n) is 6.12. The molecule has 0 spiro atoms. The van der Waals surface area contributed by atoms with Crippen molar-refractivity contribution in [3.8, 4) is 5.75 Å². The summed E-state index contributed by atoms with van der Waals surface area (Å²) in [5, 5.41) is 1.39. The van der Waals surface area contributed by atoms with Crippen molar-refractivity contribution in [1.29, 1.82) is 0 Å². The molecule has 0 N–H and O–H groups in total. The van der Waals surface area contributed by atoms with Gasteiger partial charge in [0.1, 0.15) is 0 Å². The number of halogens is 1. The molecule has 1 aromatic heterocycles. The summed E-state index contributed by atoms with van der Waals surface area (Å²) in [4.78, 5) is 2.41. The van der Waals surface area contributed by atoms with E-state index >= 15 is 0 Å². The molecule has 2 heterocycles. The number of hydrogen-bond donors (Lipinski definition) is 0. The average Bonchev–Trinajstić information content (AvgIpc) is 2.81. The van der Waals surface area contributed by atoms with Crippen molar-refractivity contribution in [1.82, 2.24) is 9.47 Å². The summed E-state index contributed by atoms with van der Waals surface area (Å²) in [6.07, 6.45) is 2.15. The number of aromatic nitrogens is 1. The Hall–Kier alpha value is -2.33. The van der Waals surface area contributed by atoms with Gasteiger partial charge >= 0.3 is 0 Å². The molecule has 1 aliphatic heterocycles. The summed E-state index contributed by atoms with van der Waals surface area (Å²) in [7, 11) is 3.70. The van der Waals surface area contributed by atoms with Gasteiger partial charge in [-0.1, -0.05) is 24.6 Å². The molecule has 0 fully saturated rings. The lowest BCUT2D eigenvalue weighted by Crippen LogP contribution is -2.21. The molecule has 0 saturated carbocycles. The minimum atomic E-state index is -0.291. The minimum Gasteiger partial charge on any atom is -0.494 e. The maximum atomic E-state index is 14.2. The van der Waals surface area contributed by atoms with Crippen LogP contribution in [-0.4, -0.2) is 36.7 Å². The van der Waals surface area contributed by atoms with E-state index in [-0.39, 0.29) is 11.7 Å².